The van der Waals surface area contributed by atoms with Crippen LogP contribution in [0.3, 0.4) is 0 Å². The molecular weight excluding hydrogens is 981 g/mol. The van der Waals surface area contributed by atoms with E-state index in [9.17, 15) is 32.7 Å². The SMILES string of the molecule is Cc1cnc(Nc2ccc(N3CCN(CC(=O)NCCCC(=O)NC(C(=O)N4C[C@H](O)C[C@H]4C(=O)NCc4ccc(-c5scnc5C)cc4)C(C)(C)C)CC3)cc2)nc1Nc1cccc(S(=O)(=O)NC(C)(C)C)c1. The van der Waals surface area contributed by atoms with Crippen LogP contribution < -0.4 is 36.2 Å². The highest BCUT2D eigenvalue weighted by Gasteiger charge is 2.44. The number of sulfonamides is 1. The van der Waals surface area contributed by atoms with Gasteiger partial charge in [0.2, 0.25) is 39.6 Å². The highest BCUT2D eigenvalue weighted by Crippen LogP contribution is 2.30. The van der Waals surface area contributed by atoms with E-state index in [0.717, 1.165) is 51.7 Å². The third kappa shape index (κ3) is 15.1. The van der Waals surface area contributed by atoms with E-state index >= 15 is 0 Å². The number of rotatable bonds is 19. The Balaban J connectivity index is 0.814. The molecule has 0 bridgehead atoms. The van der Waals surface area contributed by atoms with Crippen molar-refractivity contribution in [2.75, 3.05) is 61.3 Å². The van der Waals surface area contributed by atoms with Gasteiger partial charge in [0.1, 0.15) is 17.9 Å². The van der Waals surface area contributed by atoms with Crippen molar-refractivity contribution in [1.82, 2.24) is 45.4 Å². The molecule has 0 radical (unpaired) electrons. The van der Waals surface area contributed by atoms with Gasteiger partial charge in [-0.3, -0.25) is 24.1 Å². The maximum absolute atomic E-state index is 14.1. The number of carbonyl (C=O) groups is 4. The highest BCUT2D eigenvalue weighted by atomic mass is 32.2. The molecule has 0 spiro atoms. The van der Waals surface area contributed by atoms with Gasteiger partial charge in [0.15, 0.2) is 0 Å². The maximum Gasteiger partial charge on any atom is 0.246 e. The molecule has 2 saturated heterocycles. The van der Waals surface area contributed by atoms with Gasteiger partial charge in [-0.1, -0.05) is 51.1 Å². The number of aliphatic hydroxyl groups is 1. The summed E-state index contributed by atoms with van der Waals surface area (Å²) in [6.45, 7) is 18.3. The van der Waals surface area contributed by atoms with E-state index in [4.69, 9.17) is 0 Å². The predicted molar refractivity (Wildman–Crippen MR) is 289 cm³/mol. The Morgan fingerprint density at radius 1 is 0.851 bits per heavy atom. The zero-order chi connectivity index (χ0) is 53.4. The third-order valence-corrected chi connectivity index (χ3v) is 15.4. The number of aliphatic hydroxyl groups excluding tert-OH is 1. The number of piperazine rings is 1. The van der Waals surface area contributed by atoms with Gasteiger partial charge in [0.25, 0.3) is 0 Å². The largest absolute Gasteiger partial charge is 0.391 e. The zero-order valence-corrected chi connectivity index (χ0v) is 45.1. The summed E-state index contributed by atoms with van der Waals surface area (Å²) in [5, 5.41) is 25.8. The fourth-order valence-corrected chi connectivity index (χ4v) is 11.0. The summed E-state index contributed by atoms with van der Waals surface area (Å²) in [5.74, 6) is -0.386. The molecule has 3 atom stereocenters. The van der Waals surface area contributed by atoms with Gasteiger partial charge >= 0.3 is 0 Å². The van der Waals surface area contributed by atoms with Crippen LogP contribution in [-0.2, 0) is 35.7 Å². The number of hydrogen-bond acceptors (Lipinski definition) is 15. The molecular formula is C53H70N12O7S2. The number of β-amino-alcohol motifs (C(OH)–C–C–N with tert-alkyl or cyclic N) is 1. The van der Waals surface area contributed by atoms with Gasteiger partial charge in [-0.05, 0) is 100 Å². The second kappa shape index (κ2) is 23.8. The first-order valence-electron chi connectivity index (χ1n) is 24.9. The van der Waals surface area contributed by atoms with Crippen molar-refractivity contribution < 1.29 is 32.7 Å². The molecule has 7 rings (SSSR count). The van der Waals surface area contributed by atoms with E-state index < -0.39 is 45.1 Å². The fraction of sp³-hybridized carbons (Fsp3) is 0.453. The average molecular weight is 1050 g/mol. The number of amides is 4. The minimum absolute atomic E-state index is 0.0186. The lowest BCUT2D eigenvalue weighted by molar-refractivity contribution is -0.144. The molecule has 3 aromatic carbocycles. The topological polar surface area (TPSA) is 243 Å². The first-order valence-corrected chi connectivity index (χ1v) is 27.3. The van der Waals surface area contributed by atoms with E-state index in [2.05, 4.69) is 56.1 Å². The normalized spacial score (nSPS) is 16.9. The fourth-order valence-electron chi connectivity index (χ4n) is 8.77. The van der Waals surface area contributed by atoms with Crippen LogP contribution in [0.15, 0.2) is 89.4 Å². The minimum Gasteiger partial charge on any atom is -0.391 e. The van der Waals surface area contributed by atoms with Crippen LogP contribution >= 0.6 is 11.3 Å². The molecule has 396 valence electrons. The summed E-state index contributed by atoms with van der Waals surface area (Å²) >= 11 is 1.57. The van der Waals surface area contributed by atoms with Crippen LogP contribution in [0.25, 0.3) is 10.4 Å². The van der Waals surface area contributed by atoms with Crippen molar-refractivity contribution in [3.8, 4) is 10.4 Å². The first kappa shape index (κ1) is 55.2. The lowest BCUT2D eigenvalue weighted by atomic mass is 9.85. The zero-order valence-electron chi connectivity index (χ0n) is 43.5. The molecule has 5 aromatic rings. The Hall–Kier alpha value is -6.52. The standard InChI is InChI=1S/C53H70N12O7S2/c1-34-29-56-51(61-48(34)58-39-11-9-12-42(27-39)74(71,72)62-53(6,7)8)59-38-18-20-40(21-19-38)64-25-23-63(24-26-64)32-45(68)54-22-10-13-44(67)60-47(52(3,4)5)50(70)65-31-41(66)28-43(65)49(69)55-30-36-14-16-37(17-15-36)46-35(2)57-33-73-46/h9,11-12,14-21,27,29,33,41,43,47,62,66H,10,13,22-26,28,30-32H2,1-8H3,(H,54,68)(H,55,69)(H,60,67)(H2,56,58,59,61)/t41-,43+,47?/m1/s1. The van der Waals surface area contributed by atoms with Crippen molar-refractivity contribution in [2.24, 2.45) is 5.41 Å². The molecule has 0 saturated carbocycles. The summed E-state index contributed by atoms with van der Waals surface area (Å²) in [7, 11) is -3.73. The van der Waals surface area contributed by atoms with Crippen LogP contribution in [0, 0.1) is 19.3 Å². The number of benzene rings is 3. The summed E-state index contributed by atoms with van der Waals surface area (Å²) in [5.41, 5.74) is 6.55. The van der Waals surface area contributed by atoms with Gasteiger partial charge in [0.05, 0.1) is 33.6 Å². The molecule has 2 aliphatic heterocycles. The smallest absolute Gasteiger partial charge is 0.246 e. The molecule has 7 N–H and O–H groups in total. The van der Waals surface area contributed by atoms with Crippen molar-refractivity contribution in [1.29, 1.82) is 0 Å². The van der Waals surface area contributed by atoms with Gasteiger partial charge in [0, 0.05) is 93.0 Å². The number of aryl methyl sites for hydroxylation is 2. The second-order valence-electron chi connectivity index (χ2n) is 21.1. The Morgan fingerprint density at radius 2 is 1.57 bits per heavy atom. The molecule has 2 fully saturated rings. The van der Waals surface area contributed by atoms with Crippen LogP contribution in [0.1, 0.15) is 77.6 Å². The van der Waals surface area contributed by atoms with E-state index in [-0.39, 0.29) is 61.6 Å². The number of thiazole rings is 1. The number of nitrogens with one attached hydrogen (secondary N) is 6. The van der Waals surface area contributed by atoms with Crippen molar-refractivity contribution in [2.45, 2.75) is 110 Å². The lowest BCUT2D eigenvalue weighted by Crippen LogP contribution is -2.57. The van der Waals surface area contributed by atoms with Crippen molar-refractivity contribution >= 4 is 73.8 Å². The summed E-state index contributed by atoms with van der Waals surface area (Å²) in [6, 6.07) is 20.5. The molecule has 1 unspecified atom stereocenters. The van der Waals surface area contributed by atoms with Gasteiger partial charge in [-0.2, -0.15) is 4.98 Å². The molecule has 2 aromatic heterocycles. The molecule has 4 heterocycles. The number of carbonyl (C=O) groups excluding carboxylic acids is 4. The highest BCUT2D eigenvalue weighted by molar-refractivity contribution is 7.89. The van der Waals surface area contributed by atoms with Crippen molar-refractivity contribution in [3.05, 3.63) is 101 Å². The second-order valence-corrected chi connectivity index (χ2v) is 23.6. The van der Waals surface area contributed by atoms with Crippen molar-refractivity contribution in [3.63, 3.8) is 0 Å². The molecule has 21 heteroatoms. The molecule has 19 nitrogen and oxygen atoms in total. The monoisotopic (exact) mass is 1050 g/mol. The number of nitrogens with zero attached hydrogens (tertiary/aromatic N) is 6. The number of hydrogen-bond donors (Lipinski definition) is 7. The van der Waals surface area contributed by atoms with Crippen LogP contribution in [0.2, 0.25) is 0 Å². The Morgan fingerprint density at radius 3 is 2.23 bits per heavy atom. The maximum atomic E-state index is 14.1. The summed E-state index contributed by atoms with van der Waals surface area (Å²) in [6.07, 6.45) is 1.36. The predicted octanol–water partition coefficient (Wildman–Crippen LogP) is 5.61. The summed E-state index contributed by atoms with van der Waals surface area (Å²) < 4.78 is 28.6. The third-order valence-electron chi connectivity index (χ3n) is 12.7. The lowest BCUT2D eigenvalue weighted by Gasteiger charge is -2.35. The number of likely N-dealkylation sites (tertiary alicyclic amines) is 1. The Bertz CT molecular complexity index is 2880. The van der Waals surface area contributed by atoms with Crippen LogP contribution in [0.5, 0.6) is 0 Å². The van der Waals surface area contributed by atoms with E-state index in [1.807, 2.05) is 88.7 Å². The Labute approximate surface area is 438 Å². The molecule has 74 heavy (non-hydrogen) atoms. The molecule has 4 amide bonds. The molecule has 2 aliphatic rings. The summed E-state index contributed by atoms with van der Waals surface area (Å²) in [4.78, 5) is 74.1. The van der Waals surface area contributed by atoms with E-state index in [0.29, 0.717) is 37.0 Å². The van der Waals surface area contributed by atoms with Gasteiger partial charge in [-0.15, -0.1) is 11.3 Å². The first-order chi connectivity index (χ1) is 35.0. The van der Waals surface area contributed by atoms with Crippen LogP contribution in [-0.4, -0.2) is 131 Å². The van der Waals surface area contributed by atoms with E-state index in [1.165, 1.54) is 4.90 Å². The number of anilines is 5. The Kier molecular flexibility index (Phi) is 17.8. The molecule has 0 aliphatic carbocycles. The van der Waals surface area contributed by atoms with Crippen LogP contribution in [0.4, 0.5) is 28.8 Å². The number of aromatic nitrogens is 3. The van der Waals surface area contributed by atoms with Gasteiger partial charge < -0.3 is 41.5 Å². The minimum atomic E-state index is -3.73. The quantitative estimate of drug-likeness (QED) is 0.0498. The van der Waals surface area contributed by atoms with Gasteiger partial charge in [-0.25, -0.2) is 23.1 Å². The average Bonchev–Trinajstić information content (AvgIpc) is 3.97. The van der Waals surface area contributed by atoms with E-state index in [1.54, 1.807) is 62.6 Å².